The van der Waals surface area contributed by atoms with Gasteiger partial charge in [-0.1, -0.05) is 12.8 Å². The Labute approximate surface area is 117 Å². The van der Waals surface area contributed by atoms with Crippen LogP contribution in [0, 0.1) is 0 Å². The molecule has 3 N–H and O–H groups in total. The molecular weight excluding hydrogens is 256 g/mol. The highest BCUT2D eigenvalue weighted by molar-refractivity contribution is 6.02. The van der Waals surface area contributed by atoms with Gasteiger partial charge in [0.05, 0.1) is 11.1 Å². The minimum absolute atomic E-state index is 0.0168. The van der Waals surface area contributed by atoms with Crippen molar-refractivity contribution in [2.24, 2.45) is 5.73 Å². The van der Waals surface area contributed by atoms with E-state index in [2.05, 4.69) is 0 Å². The highest BCUT2D eigenvalue weighted by atomic mass is 16.4. The van der Waals surface area contributed by atoms with Crippen LogP contribution in [0.15, 0.2) is 18.2 Å². The van der Waals surface area contributed by atoms with Crippen LogP contribution in [-0.2, 0) is 11.2 Å². The van der Waals surface area contributed by atoms with Gasteiger partial charge in [-0.05, 0) is 43.0 Å². The van der Waals surface area contributed by atoms with Crippen LogP contribution in [0.1, 0.15) is 41.6 Å². The van der Waals surface area contributed by atoms with E-state index in [4.69, 9.17) is 10.8 Å². The highest BCUT2D eigenvalue weighted by Crippen LogP contribution is 2.35. The van der Waals surface area contributed by atoms with Crippen molar-refractivity contribution in [1.29, 1.82) is 0 Å². The molecule has 3 rings (SSSR count). The zero-order chi connectivity index (χ0) is 14.3. The first-order valence-electron chi connectivity index (χ1n) is 6.98. The van der Waals surface area contributed by atoms with E-state index in [-0.39, 0.29) is 11.5 Å². The maximum atomic E-state index is 12.6. The van der Waals surface area contributed by atoms with Crippen molar-refractivity contribution in [3.05, 3.63) is 29.3 Å². The van der Waals surface area contributed by atoms with Gasteiger partial charge < -0.3 is 15.7 Å². The lowest BCUT2D eigenvalue weighted by atomic mass is 9.97. The number of fused-ring (bicyclic) bond motifs is 1. The van der Waals surface area contributed by atoms with Crippen LogP contribution in [0.4, 0.5) is 5.69 Å². The van der Waals surface area contributed by atoms with Gasteiger partial charge in [-0.2, -0.15) is 0 Å². The first-order valence-corrected chi connectivity index (χ1v) is 6.98. The lowest BCUT2D eigenvalue weighted by Crippen LogP contribution is -2.53. The van der Waals surface area contributed by atoms with Gasteiger partial charge in [0, 0.05) is 12.2 Å². The summed E-state index contributed by atoms with van der Waals surface area (Å²) in [6, 6.07) is 4.93. The average molecular weight is 274 g/mol. The smallest absolute Gasteiger partial charge is 0.335 e. The Morgan fingerprint density at radius 3 is 2.60 bits per heavy atom. The molecule has 0 unspecified atom stereocenters. The number of anilines is 1. The average Bonchev–Trinajstić information content (AvgIpc) is 3.04. The molecule has 1 amide bonds. The van der Waals surface area contributed by atoms with E-state index < -0.39 is 11.5 Å². The normalized spacial score (nSPS) is 19.9. The summed E-state index contributed by atoms with van der Waals surface area (Å²) in [5.74, 6) is -0.958. The molecule has 1 aromatic rings. The number of hydrogen-bond acceptors (Lipinski definition) is 3. The molecule has 1 saturated carbocycles. The van der Waals surface area contributed by atoms with E-state index in [1.54, 1.807) is 23.1 Å². The number of nitrogens with zero attached hydrogens (tertiary/aromatic N) is 1. The number of carbonyl (C=O) groups is 2. The van der Waals surface area contributed by atoms with Gasteiger partial charge in [0.2, 0.25) is 5.91 Å². The standard InChI is InChI=1S/C15H18N2O3/c16-15(6-1-2-7-15)14(20)17-8-5-10-9-11(13(18)19)3-4-12(10)17/h3-4,9H,1-2,5-8,16H2,(H,18,19). The van der Waals surface area contributed by atoms with Gasteiger partial charge in [-0.25, -0.2) is 4.79 Å². The van der Waals surface area contributed by atoms with Gasteiger partial charge in [0.15, 0.2) is 0 Å². The van der Waals surface area contributed by atoms with Crippen molar-refractivity contribution in [3.8, 4) is 0 Å². The molecule has 20 heavy (non-hydrogen) atoms. The minimum Gasteiger partial charge on any atom is -0.478 e. The van der Waals surface area contributed by atoms with Gasteiger partial charge >= 0.3 is 5.97 Å². The number of rotatable bonds is 2. The number of nitrogens with two attached hydrogens (primary N) is 1. The molecule has 0 radical (unpaired) electrons. The van der Waals surface area contributed by atoms with E-state index in [0.717, 1.165) is 36.9 Å². The van der Waals surface area contributed by atoms with Crippen LogP contribution in [0.5, 0.6) is 0 Å². The van der Waals surface area contributed by atoms with Crippen molar-refractivity contribution < 1.29 is 14.7 Å². The van der Waals surface area contributed by atoms with E-state index in [0.29, 0.717) is 13.0 Å². The van der Waals surface area contributed by atoms with E-state index in [1.165, 1.54) is 0 Å². The van der Waals surface area contributed by atoms with Crippen LogP contribution in [0.25, 0.3) is 0 Å². The summed E-state index contributed by atoms with van der Waals surface area (Å²) in [6.45, 7) is 0.593. The Kier molecular flexibility index (Phi) is 3.01. The summed E-state index contributed by atoms with van der Waals surface area (Å²) in [5, 5.41) is 9.00. The monoisotopic (exact) mass is 274 g/mol. The predicted octanol–water partition coefficient (Wildman–Crippen LogP) is 1.55. The fourth-order valence-electron chi connectivity index (χ4n) is 3.23. The molecule has 0 bridgehead atoms. The summed E-state index contributed by atoms with van der Waals surface area (Å²) < 4.78 is 0. The minimum atomic E-state index is -0.941. The fourth-order valence-corrected chi connectivity index (χ4v) is 3.23. The molecule has 2 aliphatic rings. The Bertz CT molecular complexity index is 576. The van der Waals surface area contributed by atoms with Gasteiger partial charge in [-0.15, -0.1) is 0 Å². The predicted molar refractivity (Wildman–Crippen MR) is 74.8 cm³/mol. The number of amides is 1. The Hall–Kier alpha value is -1.88. The van der Waals surface area contributed by atoms with Crippen molar-refractivity contribution in [2.75, 3.05) is 11.4 Å². The summed E-state index contributed by atoms with van der Waals surface area (Å²) in [6.07, 6.45) is 4.18. The Morgan fingerprint density at radius 2 is 1.95 bits per heavy atom. The second-order valence-electron chi connectivity index (χ2n) is 5.72. The number of carbonyl (C=O) groups excluding carboxylic acids is 1. The molecule has 106 valence electrons. The molecule has 0 spiro atoms. The van der Waals surface area contributed by atoms with E-state index >= 15 is 0 Å². The third kappa shape index (κ3) is 1.98. The number of hydrogen-bond donors (Lipinski definition) is 2. The quantitative estimate of drug-likeness (QED) is 0.857. The summed E-state index contributed by atoms with van der Waals surface area (Å²) in [5.41, 5.74) is 7.50. The van der Waals surface area contributed by atoms with Gasteiger partial charge in [-0.3, -0.25) is 4.79 Å². The molecule has 0 saturated heterocycles. The summed E-state index contributed by atoms with van der Waals surface area (Å²) >= 11 is 0. The third-order valence-electron chi connectivity index (χ3n) is 4.39. The van der Waals surface area contributed by atoms with E-state index in [9.17, 15) is 9.59 Å². The van der Waals surface area contributed by atoms with Gasteiger partial charge in [0.25, 0.3) is 0 Å². The first kappa shape index (κ1) is 13.1. The zero-order valence-electron chi connectivity index (χ0n) is 11.3. The lowest BCUT2D eigenvalue weighted by molar-refractivity contribution is -0.123. The van der Waals surface area contributed by atoms with Crippen molar-refractivity contribution in [3.63, 3.8) is 0 Å². The number of carboxylic acid groups (broad SMARTS) is 1. The summed E-state index contributed by atoms with van der Waals surface area (Å²) in [4.78, 5) is 25.3. The van der Waals surface area contributed by atoms with Crippen molar-refractivity contribution in [2.45, 2.75) is 37.6 Å². The molecule has 1 aliphatic carbocycles. The largest absolute Gasteiger partial charge is 0.478 e. The van der Waals surface area contributed by atoms with Crippen LogP contribution < -0.4 is 10.6 Å². The molecule has 1 heterocycles. The van der Waals surface area contributed by atoms with E-state index in [1.807, 2.05) is 0 Å². The molecular formula is C15H18N2O3. The highest BCUT2D eigenvalue weighted by Gasteiger charge is 2.41. The number of carboxylic acids is 1. The third-order valence-corrected chi connectivity index (χ3v) is 4.39. The Balaban J connectivity index is 1.89. The molecule has 1 aromatic carbocycles. The van der Waals surface area contributed by atoms with Crippen LogP contribution in [0.2, 0.25) is 0 Å². The Morgan fingerprint density at radius 1 is 1.25 bits per heavy atom. The number of benzene rings is 1. The molecule has 1 fully saturated rings. The molecule has 0 aromatic heterocycles. The topological polar surface area (TPSA) is 83.6 Å². The zero-order valence-corrected chi connectivity index (χ0v) is 11.3. The molecule has 5 nitrogen and oxygen atoms in total. The SMILES string of the molecule is NC1(C(=O)N2CCc3cc(C(=O)O)ccc32)CCCC1. The van der Waals surface area contributed by atoms with Crippen molar-refractivity contribution >= 4 is 17.6 Å². The molecule has 0 atom stereocenters. The van der Waals surface area contributed by atoms with Crippen LogP contribution >= 0.6 is 0 Å². The van der Waals surface area contributed by atoms with Crippen molar-refractivity contribution in [1.82, 2.24) is 0 Å². The second kappa shape index (κ2) is 4.59. The molecule has 5 heteroatoms. The fraction of sp³-hybridized carbons (Fsp3) is 0.467. The van der Waals surface area contributed by atoms with Crippen LogP contribution in [0.3, 0.4) is 0 Å². The maximum absolute atomic E-state index is 12.6. The second-order valence-corrected chi connectivity index (χ2v) is 5.72. The maximum Gasteiger partial charge on any atom is 0.335 e. The number of aromatic carboxylic acids is 1. The first-order chi connectivity index (χ1) is 9.51. The van der Waals surface area contributed by atoms with Gasteiger partial charge in [0.1, 0.15) is 0 Å². The lowest BCUT2D eigenvalue weighted by Gasteiger charge is -2.29. The van der Waals surface area contributed by atoms with Crippen LogP contribution in [-0.4, -0.2) is 29.1 Å². The summed E-state index contributed by atoms with van der Waals surface area (Å²) in [7, 11) is 0. The molecule has 1 aliphatic heterocycles.